The van der Waals surface area contributed by atoms with Gasteiger partial charge in [-0.2, -0.15) is 0 Å². The highest BCUT2D eigenvalue weighted by atomic mass is 16.5. The predicted molar refractivity (Wildman–Crippen MR) is 104 cm³/mol. The minimum atomic E-state index is -0.618. The van der Waals surface area contributed by atoms with Gasteiger partial charge in [0, 0.05) is 0 Å². The van der Waals surface area contributed by atoms with Gasteiger partial charge in [0.25, 0.3) is 0 Å². The molecule has 1 aliphatic heterocycles. The monoisotopic (exact) mass is 358 g/mol. The van der Waals surface area contributed by atoms with Gasteiger partial charge in [0.05, 0.1) is 24.4 Å². The Hall–Kier alpha value is -3.60. The molecule has 0 bridgehead atoms. The third-order valence-electron chi connectivity index (χ3n) is 4.67. The van der Waals surface area contributed by atoms with E-state index in [2.05, 4.69) is 10.6 Å². The fraction of sp³-hybridized carbons (Fsp3) is 0.0909. The van der Waals surface area contributed by atoms with E-state index >= 15 is 0 Å². The summed E-state index contributed by atoms with van der Waals surface area (Å²) in [5.41, 5.74) is 2.43. The van der Waals surface area contributed by atoms with Crippen molar-refractivity contribution in [2.24, 2.45) is 0 Å². The van der Waals surface area contributed by atoms with Crippen LogP contribution < -0.4 is 10.6 Å². The lowest BCUT2D eigenvalue weighted by atomic mass is 9.89. The lowest BCUT2D eigenvalue weighted by molar-refractivity contribution is -0.136. The van der Waals surface area contributed by atoms with Crippen LogP contribution >= 0.6 is 0 Å². The summed E-state index contributed by atoms with van der Waals surface area (Å²) in [5.74, 6) is -0.487. The minimum absolute atomic E-state index is 0.362. The fourth-order valence-corrected chi connectivity index (χ4v) is 3.46. The van der Waals surface area contributed by atoms with E-state index in [0.29, 0.717) is 11.3 Å². The zero-order chi connectivity index (χ0) is 18.8. The first-order chi connectivity index (χ1) is 13.2. The molecule has 27 heavy (non-hydrogen) atoms. The van der Waals surface area contributed by atoms with Gasteiger partial charge in [0.2, 0.25) is 0 Å². The molecule has 5 heteroatoms. The summed E-state index contributed by atoms with van der Waals surface area (Å²) in [4.78, 5) is 25.1. The van der Waals surface area contributed by atoms with Crippen molar-refractivity contribution in [1.29, 1.82) is 0 Å². The predicted octanol–water partition coefficient (Wildman–Crippen LogP) is 3.78. The van der Waals surface area contributed by atoms with Gasteiger partial charge >= 0.3 is 12.0 Å². The maximum atomic E-state index is 12.7. The number of hydrogen-bond acceptors (Lipinski definition) is 3. The Labute approximate surface area is 156 Å². The summed E-state index contributed by atoms with van der Waals surface area (Å²) in [6, 6.07) is 22.0. The molecule has 0 spiro atoms. The van der Waals surface area contributed by atoms with Crippen LogP contribution in [0.2, 0.25) is 0 Å². The van der Waals surface area contributed by atoms with Crippen LogP contribution in [0.5, 0.6) is 0 Å². The average molecular weight is 358 g/mol. The third-order valence-corrected chi connectivity index (χ3v) is 4.67. The quantitative estimate of drug-likeness (QED) is 0.700. The number of fused-ring (bicyclic) bond motifs is 1. The average Bonchev–Trinajstić information content (AvgIpc) is 2.72. The highest BCUT2D eigenvalue weighted by Crippen LogP contribution is 2.35. The van der Waals surface area contributed by atoms with Crippen LogP contribution in [-0.4, -0.2) is 19.1 Å². The van der Waals surface area contributed by atoms with Gasteiger partial charge in [-0.05, 0) is 21.9 Å². The standard InChI is InChI=1S/C22H18N2O3/c1-27-21(25)18-19(15-9-3-2-4-10-15)23-22(26)24-20(18)17-13-7-11-14-8-5-6-12-16(14)17/h2-13,20H,1H3,(H2,23,24,26). The van der Waals surface area contributed by atoms with E-state index in [0.717, 1.165) is 21.9 Å². The first kappa shape index (κ1) is 16.8. The Morgan fingerprint density at radius 1 is 0.926 bits per heavy atom. The molecule has 1 aliphatic rings. The molecule has 3 aromatic carbocycles. The van der Waals surface area contributed by atoms with E-state index in [-0.39, 0.29) is 6.03 Å². The first-order valence-electron chi connectivity index (χ1n) is 8.62. The number of carbonyl (C=O) groups excluding carboxylic acids is 2. The van der Waals surface area contributed by atoms with Crippen molar-refractivity contribution >= 4 is 28.5 Å². The molecule has 0 radical (unpaired) electrons. The molecule has 3 aromatic rings. The Morgan fingerprint density at radius 3 is 2.41 bits per heavy atom. The van der Waals surface area contributed by atoms with E-state index in [1.807, 2.05) is 72.8 Å². The molecule has 134 valence electrons. The summed E-state index contributed by atoms with van der Waals surface area (Å²) >= 11 is 0. The van der Waals surface area contributed by atoms with Gasteiger partial charge in [-0.15, -0.1) is 0 Å². The summed E-state index contributed by atoms with van der Waals surface area (Å²) in [7, 11) is 1.34. The molecular formula is C22H18N2O3. The number of rotatable bonds is 3. The molecule has 2 amide bonds. The summed E-state index contributed by atoms with van der Waals surface area (Å²) in [5, 5.41) is 7.66. The Kier molecular flexibility index (Phi) is 4.34. The molecule has 0 saturated carbocycles. The second-order valence-electron chi connectivity index (χ2n) is 6.25. The van der Waals surface area contributed by atoms with Gasteiger partial charge in [-0.1, -0.05) is 72.8 Å². The van der Waals surface area contributed by atoms with Crippen molar-refractivity contribution in [3.63, 3.8) is 0 Å². The van der Waals surface area contributed by atoms with Gasteiger partial charge in [0.1, 0.15) is 0 Å². The molecule has 1 unspecified atom stereocenters. The van der Waals surface area contributed by atoms with Crippen LogP contribution in [-0.2, 0) is 9.53 Å². The van der Waals surface area contributed by atoms with E-state index in [1.165, 1.54) is 7.11 Å². The maximum absolute atomic E-state index is 12.7. The van der Waals surface area contributed by atoms with E-state index in [9.17, 15) is 9.59 Å². The number of nitrogens with one attached hydrogen (secondary N) is 2. The van der Waals surface area contributed by atoms with Crippen LogP contribution in [0, 0.1) is 0 Å². The second-order valence-corrected chi connectivity index (χ2v) is 6.25. The fourth-order valence-electron chi connectivity index (χ4n) is 3.46. The lowest BCUT2D eigenvalue weighted by Crippen LogP contribution is -2.45. The van der Waals surface area contributed by atoms with E-state index in [1.54, 1.807) is 0 Å². The van der Waals surface area contributed by atoms with Crippen molar-refractivity contribution in [2.45, 2.75) is 6.04 Å². The summed E-state index contributed by atoms with van der Waals surface area (Å²) < 4.78 is 5.05. The molecule has 5 nitrogen and oxygen atoms in total. The van der Waals surface area contributed by atoms with Crippen LogP contribution in [0.1, 0.15) is 17.2 Å². The van der Waals surface area contributed by atoms with Crippen molar-refractivity contribution < 1.29 is 14.3 Å². The molecule has 0 aliphatic carbocycles. The van der Waals surface area contributed by atoms with Crippen molar-refractivity contribution in [3.8, 4) is 0 Å². The topological polar surface area (TPSA) is 67.4 Å². The van der Waals surface area contributed by atoms with Crippen molar-refractivity contribution in [1.82, 2.24) is 10.6 Å². The van der Waals surface area contributed by atoms with Crippen molar-refractivity contribution in [2.75, 3.05) is 7.11 Å². The smallest absolute Gasteiger partial charge is 0.338 e. The maximum Gasteiger partial charge on any atom is 0.338 e. The van der Waals surface area contributed by atoms with Crippen molar-refractivity contribution in [3.05, 3.63) is 89.5 Å². The normalized spacial score (nSPS) is 16.6. The second kappa shape index (κ2) is 6.96. The number of hydrogen-bond donors (Lipinski definition) is 2. The Balaban J connectivity index is 1.97. The van der Waals surface area contributed by atoms with Crippen LogP contribution in [0.15, 0.2) is 78.4 Å². The zero-order valence-electron chi connectivity index (χ0n) is 14.7. The molecule has 1 atom stereocenters. The molecule has 1 heterocycles. The number of urea groups is 1. The molecule has 4 rings (SSSR count). The highest BCUT2D eigenvalue weighted by Gasteiger charge is 2.34. The number of methoxy groups -OCH3 is 1. The SMILES string of the molecule is COC(=O)C1=C(c2ccccc2)NC(=O)NC1c1cccc2ccccc12. The van der Waals surface area contributed by atoms with Gasteiger partial charge in [-0.3, -0.25) is 0 Å². The van der Waals surface area contributed by atoms with Crippen LogP contribution in [0.3, 0.4) is 0 Å². The van der Waals surface area contributed by atoms with Gasteiger partial charge < -0.3 is 15.4 Å². The summed E-state index contributed by atoms with van der Waals surface area (Å²) in [6.07, 6.45) is 0. The first-order valence-corrected chi connectivity index (χ1v) is 8.62. The van der Waals surface area contributed by atoms with Crippen LogP contribution in [0.4, 0.5) is 4.79 Å². The van der Waals surface area contributed by atoms with Gasteiger partial charge in [0.15, 0.2) is 0 Å². The molecular weight excluding hydrogens is 340 g/mol. The Bertz CT molecular complexity index is 1050. The number of carbonyl (C=O) groups is 2. The molecule has 0 aromatic heterocycles. The lowest BCUT2D eigenvalue weighted by Gasteiger charge is -2.30. The van der Waals surface area contributed by atoms with Gasteiger partial charge in [-0.25, -0.2) is 9.59 Å². The minimum Gasteiger partial charge on any atom is -0.466 e. The zero-order valence-corrected chi connectivity index (χ0v) is 14.7. The number of ether oxygens (including phenoxy) is 1. The van der Waals surface area contributed by atoms with Crippen LogP contribution in [0.25, 0.3) is 16.5 Å². The Morgan fingerprint density at radius 2 is 1.63 bits per heavy atom. The third kappa shape index (κ3) is 3.04. The van der Waals surface area contributed by atoms with E-state index in [4.69, 9.17) is 4.74 Å². The van der Waals surface area contributed by atoms with E-state index < -0.39 is 12.0 Å². The highest BCUT2D eigenvalue weighted by molar-refractivity contribution is 6.05. The number of amides is 2. The number of esters is 1. The molecule has 2 N–H and O–H groups in total. The largest absolute Gasteiger partial charge is 0.466 e. The molecule has 0 saturated heterocycles. The summed E-state index contributed by atoms with van der Waals surface area (Å²) in [6.45, 7) is 0. The molecule has 0 fully saturated rings. The number of benzene rings is 3.